The Morgan fingerprint density at radius 2 is 1.79 bits per heavy atom. The fourth-order valence-corrected chi connectivity index (χ4v) is 5.62. The highest BCUT2D eigenvalue weighted by atomic mass is 79.9. The van der Waals surface area contributed by atoms with Crippen molar-refractivity contribution in [2.45, 2.75) is 44.3 Å². The first-order chi connectivity index (χ1) is 17.9. The zero-order valence-corrected chi connectivity index (χ0v) is 23.0. The van der Waals surface area contributed by atoms with Crippen molar-refractivity contribution in [1.29, 1.82) is 0 Å². The van der Waals surface area contributed by atoms with E-state index in [1.165, 1.54) is 38.1 Å². The van der Waals surface area contributed by atoms with Crippen molar-refractivity contribution in [2.24, 2.45) is 0 Å². The summed E-state index contributed by atoms with van der Waals surface area (Å²) in [5.41, 5.74) is 1.82. The predicted molar refractivity (Wildman–Crippen MR) is 149 cm³/mol. The van der Waals surface area contributed by atoms with Crippen LogP contribution in [0.1, 0.15) is 43.7 Å². The maximum absolute atomic E-state index is 13.0. The summed E-state index contributed by atoms with van der Waals surface area (Å²) in [6.07, 6.45) is 3.08. The van der Waals surface area contributed by atoms with E-state index in [2.05, 4.69) is 47.0 Å². The third-order valence-electron chi connectivity index (χ3n) is 7.13. The van der Waals surface area contributed by atoms with Gasteiger partial charge in [-0.2, -0.15) is 18.3 Å². The number of hydrogen-bond donors (Lipinski definition) is 1. The molecule has 3 heterocycles. The number of benzene rings is 2. The summed E-state index contributed by atoms with van der Waals surface area (Å²) in [6.45, 7) is 4.01. The van der Waals surface area contributed by atoms with Gasteiger partial charge in [-0.1, -0.05) is 0 Å². The van der Waals surface area contributed by atoms with Gasteiger partial charge < -0.3 is 19.5 Å². The van der Waals surface area contributed by atoms with Gasteiger partial charge in [0.05, 0.1) is 39.3 Å². The van der Waals surface area contributed by atoms with Gasteiger partial charge in [-0.05, 0) is 97.5 Å². The number of anilines is 2. The third kappa shape index (κ3) is 5.44. The van der Waals surface area contributed by atoms with Crippen molar-refractivity contribution in [2.75, 3.05) is 31.6 Å². The summed E-state index contributed by atoms with van der Waals surface area (Å²) < 4.78 is 48.4. The molecule has 1 saturated heterocycles. The highest BCUT2D eigenvalue weighted by Gasteiger charge is 2.31. The first-order valence-corrected chi connectivity index (χ1v) is 13.5. The molecule has 1 saturated carbocycles. The minimum atomic E-state index is -4.38. The molecule has 0 amide bonds. The molecular formula is C27H28BrClF3N5O. The van der Waals surface area contributed by atoms with Crippen molar-refractivity contribution >= 4 is 61.6 Å². The van der Waals surface area contributed by atoms with E-state index in [1.807, 2.05) is 6.07 Å². The quantitative estimate of drug-likeness (QED) is 0.207. The molecule has 1 N–H and O–H groups in total. The van der Waals surface area contributed by atoms with Gasteiger partial charge in [-0.25, -0.2) is 0 Å². The van der Waals surface area contributed by atoms with Crippen LogP contribution >= 0.6 is 28.3 Å². The SMILES string of the molecule is Cl.FC(F)(F)c1ccc(Nc2nncc3c2c2cc(OCCCN4CCCC4)c(Br)cc2n3C2CC2)cc1. The maximum atomic E-state index is 13.0. The van der Waals surface area contributed by atoms with Crippen molar-refractivity contribution in [3.8, 4) is 5.75 Å². The average molecular weight is 611 g/mol. The molecule has 2 aromatic heterocycles. The van der Waals surface area contributed by atoms with Gasteiger partial charge in [0.15, 0.2) is 5.82 Å². The Morgan fingerprint density at radius 3 is 2.47 bits per heavy atom. The molecule has 0 spiro atoms. The smallest absolute Gasteiger partial charge is 0.416 e. The van der Waals surface area contributed by atoms with Crippen LogP contribution in [0.3, 0.4) is 0 Å². The average Bonchev–Trinajstić information content (AvgIpc) is 3.46. The normalized spacial score (nSPS) is 16.2. The van der Waals surface area contributed by atoms with Gasteiger partial charge in [0.25, 0.3) is 0 Å². The van der Waals surface area contributed by atoms with E-state index >= 15 is 0 Å². The molecule has 2 aromatic carbocycles. The molecule has 4 aromatic rings. The summed E-state index contributed by atoms with van der Waals surface area (Å²) in [7, 11) is 0. The highest BCUT2D eigenvalue weighted by Crippen LogP contribution is 2.46. The topological polar surface area (TPSA) is 55.2 Å². The van der Waals surface area contributed by atoms with Crippen LogP contribution in [0.4, 0.5) is 24.7 Å². The van der Waals surface area contributed by atoms with Crippen LogP contribution in [0.5, 0.6) is 5.75 Å². The number of rotatable bonds is 8. The number of nitrogens with one attached hydrogen (secondary N) is 1. The van der Waals surface area contributed by atoms with Crippen molar-refractivity contribution in [3.63, 3.8) is 0 Å². The van der Waals surface area contributed by atoms with E-state index < -0.39 is 11.7 Å². The second-order valence-corrected chi connectivity index (χ2v) is 10.7. The lowest BCUT2D eigenvalue weighted by Crippen LogP contribution is -2.21. The number of halogens is 5. The van der Waals surface area contributed by atoms with Gasteiger partial charge >= 0.3 is 6.18 Å². The standard InChI is InChI=1S/C27H27BrF3N5O.ClH/c28-21-15-22-20(14-24(21)37-13-3-12-35-10-1-2-11-35)25-23(36(22)19-8-9-19)16-32-34-26(25)33-18-6-4-17(5-7-18)27(29,30)31;/h4-7,14-16,19H,1-3,8-13H2,(H,33,34);1H. The maximum Gasteiger partial charge on any atom is 0.416 e. The Kier molecular flexibility index (Phi) is 7.75. The molecular weight excluding hydrogens is 583 g/mol. The predicted octanol–water partition coefficient (Wildman–Crippen LogP) is 7.73. The van der Waals surface area contributed by atoms with E-state index in [9.17, 15) is 13.2 Å². The minimum Gasteiger partial charge on any atom is -0.492 e. The second kappa shape index (κ2) is 10.9. The first-order valence-electron chi connectivity index (χ1n) is 12.7. The summed E-state index contributed by atoms with van der Waals surface area (Å²) in [6, 6.07) is 9.47. The molecule has 202 valence electrons. The summed E-state index contributed by atoms with van der Waals surface area (Å²) in [5.74, 6) is 1.27. The lowest BCUT2D eigenvalue weighted by molar-refractivity contribution is -0.137. The monoisotopic (exact) mass is 609 g/mol. The van der Waals surface area contributed by atoms with Crippen molar-refractivity contribution < 1.29 is 17.9 Å². The zero-order chi connectivity index (χ0) is 25.6. The molecule has 6 rings (SSSR count). The number of ether oxygens (including phenoxy) is 1. The molecule has 1 aliphatic heterocycles. The molecule has 0 bridgehead atoms. The second-order valence-electron chi connectivity index (χ2n) is 9.81. The van der Waals surface area contributed by atoms with E-state index in [1.54, 1.807) is 6.20 Å². The Bertz CT molecular complexity index is 1430. The van der Waals surface area contributed by atoms with Crippen LogP contribution in [0.2, 0.25) is 0 Å². The van der Waals surface area contributed by atoms with Crippen LogP contribution in [-0.4, -0.2) is 45.9 Å². The first kappa shape index (κ1) is 27.0. The molecule has 6 nitrogen and oxygen atoms in total. The molecule has 11 heteroatoms. The fourth-order valence-electron chi connectivity index (χ4n) is 5.18. The van der Waals surface area contributed by atoms with Crippen molar-refractivity contribution in [3.05, 3.63) is 52.6 Å². The largest absolute Gasteiger partial charge is 0.492 e. The van der Waals surface area contributed by atoms with E-state index in [0.29, 0.717) is 24.2 Å². The van der Waals surface area contributed by atoms with Gasteiger partial charge in [0, 0.05) is 23.7 Å². The molecule has 1 aliphatic carbocycles. The Morgan fingerprint density at radius 1 is 1.05 bits per heavy atom. The van der Waals surface area contributed by atoms with E-state index in [-0.39, 0.29) is 12.4 Å². The van der Waals surface area contributed by atoms with E-state index in [4.69, 9.17) is 4.74 Å². The molecule has 2 aliphatic rings. The molecule has 0 radical (unpaired) electrons. The van der Waals surface area contributed by atoms with E-state index in [0.717, 1.165) is 70.0 Å². The molecule has 2 fully saturated rings. The molecule has 0 atom stereocenters. The number of fused-ring (bicyclic) bond motifs is 3. The highest BCUT2D eigenvalue weighted by molar-refractivity contribution is 9.10. The van der Waals surface area contributed by atoms with Gasteiger partial charge in [0.2, 0.25) is 0 Å². The molecule has 0 unspecified atom stereocenters. The third-order valence-corrected chi connectivity index (χ3v) is 7.75. The Labute approximate surface area is 233 Å². The Balaban J connectivity index is 0.00000294. The van der Waals surface area contributed by atoms with Crippen LogP contribution in [-0.2, 0) is 6.18 Å². The van der Waals surface area contributed by atoms with Crippen molar-refractivity contribution in [1.82, 2.24) is 19.7 Å². The number of alkyl halides is 3. The zero-order valence-electron chi connectivity index (χ0n) is 20.6. The number of aromatic nitrogens is 3. The summed E-state index contributed by atoms with van der Waals surface area (Å²) >= 11 is 3.70. The Hall–Kier alpha value is -2.56. The number of likely N-dealkylation sites (tertiary alicyclic amines) is 1. The summed E-state index contributed by atoms with van der Waals surface area (Å²) in [4.78, 5) is 2.47. The van der Waals surface area contributed by atoms with Gasteiger partial charge in [0.1, 0.15) is 5.75 Å². The van der Waals surface area contributed by atoms with Crippen LogP contribution < -0.4 is 10.1 Å². The molecule has 38 heavy (non-hydrogen) atoms. The van der Waals surface area contributed by atoms with Crippen LogP contribution in [0.25, 0.3) is 21.8 Å². The van der Waals surface area contributed by atoms with Crippen LogP contribution in [0, 0.1) is 0 Å². The van der Waals surface area contributed by atoms with Crippen LogP contribution in [0.15, 0.2) is 47.1 Å². The summed E-state index contributed by atoms with van der Waals surface area (Å²) in [5, 5.41) is 13.6. The lowest BCUT2D eigenvalue weighted by Gasteiger charge is -2.15. The van der Waals surface area contributed by atoms with Gasteiger partial charge in [-0.15, -0.1) is 17.5 Å². The lowest BCUT2D eigenvalue weighted by atomic mass is 10.1. The number of nitrogens with zero attached hydrogens (tertiary/aromatic N) is 4. The van der Waals surface area contributed by atoms with Gasteiger partial charge in [-0.3, -0.25) is 0 Å². The minimum absolute atomic E-state index is 0. The number of hydrogen-bond acceptors (Lipinski definition) is 5. The fraction of sp³-hybridized carbons (Fsp3) is 0.407.